The maximum Gasteiger partial charge on any atom is 0.246 e. The number of nitrogens with one attached hydrogen (secondary N) is 2. The first-order valence-electron chi connectivity index (χ1n) is 6.06. The molecule has 2 amide bonds. The van der Waals surface area contributed by atoms with Crippen molar-refractivity contribution in [3.05, 3.63) is 22.8 Å². The summed E-state index contributed by atoms with van der Waals surface area (Å²) in [6.07, 6.45) is 0. The predicted octanol–water partition coefficient (Wildman–Crippen LogP) is 0.258. The molecule has 0 unspecified atom stereocenters. The molecule has 1 aromatic heterocycles. The standard InChI is InChI=1S/C12H16ClN5O2/c1-12(2)11(20)16-10(19)6-18(12)5-8-7(13)3-4-9(15-8)17-14/h3-4H,5-6,14H2,1-2H3,(H,15,17)(H,16,19,20). The van der Waals surface area contributed by atoms with E-state index in [9.17, 15) is 9.59 Å². The molecule has 108 valence electrons. The van der Waals surface area contributed by atoms with Crippen LogP contribution in [0, 0.1) is 0 Å². The molecule has 1 aliphatic heterocycles. The van der Waals surface area contributed by atoms with E-state index in [4.69, 9.17) is 17.4 Å². The summed E-state index contributed by atoms with van der Waals surface area (Å²) in [5.41, 5.74) is 2.17. The zero-order valence-electron chi connectivity index (χ0n) is 11.2. The Hall–Kier alpha value is -1.70. The van der Waals surface area contributed by atoms with E-state index >= 15 is 0 Å². The molecule has 7 nitrogen and oxygen atoms in total. The van der Waals surface area contributed by atoms with E-state index in [1.54, 1.807) is 30.9 Å². The molecular formula is C12H16ClN5O2. The van der Waals surface area contributed by atoms with Crippen molar-refractivity contribution in [1.29, 1.82) is 0 Å². The Kier molecular flexibility index (Phi) is 3.94. The van der Waals surface area contributed by atoms with Crippen molar-refractivity contribution in [2.24, 2.45) is 5.84 Å². The molecule has 1 aromatic rings. The summed E-state index contributed by atoms with van der Waals surface area (Å²) < 4.78 is 0. The number of hydrazine groups is 1. The van der Waals surface area contributed by atoms with E-state index in [1.807, 2.05) is 0 Å². The van der Waals surface area contributed by atoms with Gasteiger partial charge >= 0.3 is 0 Å². The van der Waals surface area contributed by atoms with Crippen molar-refractivity contribution in [1.82, 2.24) is 15.2 Å². The van der Waals surface area contributed by atoms with Gasteiger partial charge in [-0.25, -0.2) is 10.8 Å². The molecule has 2 heterocycles. The molecule has 0 saturated carbocycles. The number of carbonyl (C=O) groups is 2. The molecule has 2 rings (SSSR count). The zero-order chi connectivity index (χ0) is 14.9. The highest BCUT2D eigenvalue weighted by Gasteiger charge is 2.41. The van der Waals surface area contributed by atoms with Crippen molar-refractivity contribution < 1.29 is 9.59 Å². The SMILES string of the molecule is CC1(C)C(=O)NC(=O)CN1Cc1nc(NN)ccc1Cl. The summed E-state index contributed by atoms with van der Waals surface area (Å²) in [4.78, 5) is 29.4. The minimum atomic E-state index is -0.814. The summed E-state index contributed by atoms with van der Waals surface area (Å²) in [5, 5.41) is 2.77. The van der Waals surface area contributed by atoms with Crippen LogP contribution in [0.25, 0.3) is 0 Å². The average molecular weight is 298 g/mol. The van der Waals surface area contributed by atoms with Gasteiger partial charge in [-0.2, -0.15) is 0 Å². The van der Waals surface area contributed by atoms with Gasteiger partial charge in [0.05, 0.1) is 22.8 Å². The lowest BCUT2D eigenvalue weighted by atomic mass is 9.98. The lowest BCUT2D eigenvalue weighted by Crippen LogP contribution is -2.63. The first kappa shape index (κ1) is 14.7. The van der Waals surface area contributed by atoms with Gasteiger partial charge in [0.15, 0.2) is 0 Å². The third-order valence-corrected chi connectivity index (χ3v) is 3.68. The normalized spacial score (nSPS) is 18.8. The molecule has 0 bridgehead atoms. The molecule has 0 spiro atoms. The summed E-state index contributed by atoms with van der Waals surface area (Å²) in [5.74, 6) is 5.11. The maximum atomic E-state index is 11.9. The summed E-state index contributed by atoms with van der Waals surface area (Å²) >= 11 is 6.10. The highest BCUT2D eigenvalue weighted by molar-refractivity contribution is 6.31. The van der Waals surface area contributed by atoms with Crippen molar-refractivity contribution in [3.8, 4) is 0 Å². The number of rotatable bonds is 3. The van der Waals surface area contributed by atoms with Crippen LogP contribution in [0.3, 0.4) is 0 Å². The predicted molar refractivity (Wildman–Crippen MR) is 74.7 cm³/mol. The first-order chi connectivity index (χ1) is 9.34. The number of aromatic nitrogens is 1. The molecule has 8 heteroatoms. The van der Waals surface area contributed by atoms with Gasteiger partial charge in [-0.15, -0.1) is 0 Å². The second-order valence-corrected chi connectivity index (χ2v) is 5.47. The van der Waals surface area contributed by atoms with Crippen molar-refractivity contribution in [2.75, 3.05) is 12.0 Å². The largest absolute Gasteiger partial charge is 0.308 e. The maximum absolute atomic E-state index is 11.9. The number of nitrogens with two attached hydrogens (primary N) is 1. The number of imide groups is 1. The molecule has 0 aliphatic carbocycles. The Morgan fingerprint density at radius 1 is 1.50 bits per heavy atom. The lowest BCUT2D eigenvalue weighted by molar-refractivity contribution is -0.145. The van der Waals surface area contributed by atoms with Crippen molar-refractivity contribution in [2.45, 2.75) is 25.9 Å². The van der Waals surface area contributed by atoms with Crippen molar-refractivity contribution >= 4 is 29.2 Å². The van der Waals surface area contributed by atoms with E-state index in [-0.39, 0.29) is 24.9 Å². The fraction of sp³-hybridized carbons (Fsp3) is 0.417. The minimum absolute atomic E-state index is 0.108. The molecule has 0 radical (unpaired) electrons. The highest BCUT2D eigenvalue weighted by Crippen LogP contribution is 2.24. The highest BCUT2D eigenvalue weighted by atomic mass is 35.5. The third-order valence-electron chi connectivity index (χ3n) is 3.34. The number of pyridine rings is 1. The van der Waals surface area contributed by atoms with Crippen LogP contribution in [0.5, 0.6) is 0 Å². The van der Waals surface area contributed by atoms with Crippen LogP contribution in [0.15, 0.2) is 12.1 Å². The number of nitrogen functional groups attached to an aromatic ring is 1. The lowest BCUT2D eigenvalue weighted by Gasteiger charge is -2.39. The number of amides is 2. The Balaban J connectivity index is 2.28. The van der Waals surface area contributed by atoms with E-state index in [2.05, 4.69) is 15.7 Å². The fourth-order valence-electron chi connectivity index (χ4n) is 1.94. The monoisotopic (exact) mass is 297 g/mol. The quantitative estimate of drug-likeness (QED) is 0.420. The van der Waals surface area contributed by atoms with Crippen LogP contribution in [0.4, 0.5) is 5.82 Å². The van der Waals surface area contributed by atoms with E-state index in [0.717, 1.165) is 0 Å². The number of anilines is 1. The summed E-state index contributed by atoms with van der Waals surface area (Å²) in [6, 6.07) is 3.31. The Morgan fingerprint density at radius 3 is 2.85 bits per heavy atom. The van der Waals surface area contributed by atoms with Gasteiger partial charge in [0.1, 0.15) is 5.82 Å². The minimum Gasteiger partial charge on any atom is -0.308 e. The van der Waals surface area contributed by atoms with Crippen LogP contribution in [-0.2, 0) is 16.1 Å². The summed E-state index contributed by atoms with van der Waals surface area (Å²) in [7, 11) is 0. The van der Waals surface area contributed by atoms with Crippen LogP contribution in [0.2, 0.25) is 5.02 Å². The molecule has 4 N–H and O–H groups in total. The van der Waals surface area contributed by atoms with Gasteiger partial charge in [0.25, 0.3) is 0 Å². The number of halogens is 1. The second-order valence-electron chi connectivity index (χ2n) is 5.06. The zero-order valence-corrected chi connectivity index (χ0v) is 12.0. The Bertz CT molecular complexity index is 561. The number of hydrogen-bond acceptors (Lipinski definition) is 6. The van der Waals surface area contributed by atoms with E-state index < -0.39 is 5.54 Å². The number of nitrogens with zero attached hydrogens (tertiary/aromatic N) is 2. The Morgan fingerprint density at radius 2 is 2.20 bits per heavy atom. The molecule has 1 aliphatic rings. The van der Waals surface area contributed by atoms with Gasteiger partial charge in [0, 0.05) is 6.54 Å². The summed E-state index contributed by atoms with van der Waals surface area (Å²) in [6.45, 7) is 3.87. The van der Waals surface area contributed by atoms with Gasteiger partial charge in [-0.3, -0.25) is 19.8 Å². The van der Waals surface area contributed by atoms with E-state index in [1.165, 1.54) is 0 Å². The Labute approximate surface area is 121 Å². The third kappa shape index (κ3) is 2.74. The van der Waals surface area contributed by atoms with Crippen LogP contribution < -0.4 is 16.6 Å². The van der Waals surface area contributed by atoms with Crippen LogP contribution in [0.1, 0.15) is 19.5 Å². The smallest absolute Gasteiger partial charge is 0.246 e. The van der Waals surface area contributed by atoms with Crippen LogP contribution in [-0.4, -0.2) is 33.8 Å². The number of carbonyl (C=O) groups excluding carboxylic acids is 2. The fourth-order valence-corrected chi connectivity index (χ4v) is 2.11. The topological polar surface area (TPSA) is 100 Å². The van der Waals surface area contributed by atoms with E-state index in [0.29, 0.717) is 16.5 Å². The first-order valence-corrected chi connectivity index (χ1v) is 6.43. The van der Waals surface area contributed by atoms with Crippen LogP contribution >= 0.6 is 11.6 Å². The molecular weight excluding hydrogens is 282 g/mol. The second kappa shape index (κ2) is 5.35. The molecule has 0 atom stereocenters. The molecule has 1 saturated heterocycles. The van der Waals surface area contributed by atoms with Gasteiger partial charge in [0.2, 0.25) is 11.8 Å². The van der Waals surface area contributed by atoms with Gasteiger partial charge < -0.3 is 5.43 Å². The molecule has 1 fully saturated rings. The molecule has 0 aromatic carbocycles. The van der Waals surface area contributed by atoms with Crippen molar-refractivity contribution in [3.63, 3.8) is 0 Å². The van der Waals surface area contributed by atoms with Gasteiger partial charge in [-0.05, 0) is 26.0 Å². The number of hydrogen-bond donors (Lipinski definition) is 3. The van der Waals surface area contributed by atoms with Gasteiger partial charge in [-0.1, -0.05) is 11.6 Å². The molecule has 20 heavy (non-hydrogen) atoms. The average Bonchev–Trinajstić information content (AvgIpc) is 2.38. The number of piperazine rings is 1.